The summed E-state index contributed by atoms with van der Waals surface area (Å²) in [7, 11) is 3.42. The second-order valence-electron chi connectivity index (χ2n) is 8.04. The number of likely N-dealkylation sites (N-methyl/N-ethyl adjacent to an activating group) is 1. The quantitative estimate of drug-likeness (QED) is 0.539. The van der Waals surface area contributed by atoms with Crippen LogP contribution in [0.15, 0.2) is 29.4 Å². The van der Waals surface area contributed by atoms with Crippen molar-refractivity contribution in [3.63, 3.8) is 0 Å². The number of rotatable bonds is 6. The lowest BCUT2D eigenvalue weighted by Gasteiger charge is -2.40. The van der Waals surface area contributed by atoms with Crippen LogP contribution in [0.1, 0.15) is 26.5 Å². The van der Waals surface area contributed by atoms with E-state index < -0.39 is 5.60 Å². The third-order valence-electron chi connectivity index (χ3n) is 4.36. The number of ether oxygens (including phenoxy) is 1. The zero-order valence-electron chi connectivity index (χ0n) is 17.9. The van der Waals surface area contributed by atoms with Crippen molar-refractivity contribution in [1.82, 2.24) is 25.4 Å². The maximum atomic E-state index is 12.3. The highest BCUT2D eigenvalue weighted by Crippen LogP contribution is 2.15. The van der Waals surface area contributed by atoms with Crippen LogP contribution in [0.5, 0.6) is 0 Å². The number of carbonyl (C=O) groups is 2. The number of nitrogens with zero attached hydrogens (tertiary/aromatic N) is 4. The average Bonchev–Trinajstić information content (AvgIpc) is 2.63. The average molecular weight is 405 g/mol. The smallest absolute Gasteiger partial charge is 0.410 e. The molecule has 1 aliphatic heterocycles. The zero-order chi connectivity index (χ0) is 21.4. The minimum absolute atomic E-state index is 0.0344. The molecule has 29 heavy (non-hydrogen) atoms. The summed E-state index contributed by atoms with van der Waals surface area (Å²) >= 11 is 0. The molecule has 9 nitrogen and oxygen atoms in total. The first-order valence-electron chi connectivity index (χ1n) is 9.77. The highest BCUT2D eigenvalue weighted by molar-refractivity contribution is 5.86. The molecule has 1 fully saturated rings. The molecule has 1 saturated heterocycles. The van der Waals surface area contributed by atoms with Crippen LogP contribution < -0.4 is 10.6 Å². The van der Waals surface area contributed by atoms with E-state index in [4.69, 9.17) is 4.74 Å². The first-order valence-corrected chi connectivity index (χ1v) is 9.77. The summed E-state index contributed by atoms with van der Waals surface area (Å²) in [5.74, 6) is 0.498. The van der Waals surface area contributed by atoms with E-state index in [0.29, 0.717) is 32.0 Å². The summed E-state index contributed by atoms with van der Waals surface area (Å²) in [6.45, 7) is 7.34. The first-order chi connectivity index (χ1) is 13.7. The molecule has 160 valence electrons. The van der Waals surface area contributed by atoms with E-state index >= 15 is 0 Å². The Balaban J connectivity index is 1.67. The number of aliphatic imine (C=N–C) groups is 1. The van der Waals surface area contributed by atoms with E-state index in [1.165, 1.54) is 0 Å². The van der Waals surface area contributed by atoms with Crippen LogP contribution in [-0.2, 0) is 16.0 Å². The van der Waals surface area contributed by atoms with Crippen molar-refractivity contribution in [2.75, 3.05) is 40.3 Å². The lowest BCUT2D eigenvalue weighted by atomic mass is 10.1. The molecule has 0 unspecified atom stereocenters. The summed E-state index contributed by atoms with van der Waals surface area (Å²) in [6.07, 6.45) is 2.14. The van der Waals surface area contributed by atoms with Gasteiger partial charge in [-0.05, 0) is 32.9 Å². The molecule has 2 heterocycles. The topological polar surface area (TPSA) is 99.2 Å². The Morgan fingerprint density at radius 1 is 1.34 bits per heavy atom. The third-order valence-corrected chi connectivity index (χ3v) is 4.36. The van der Waals surface area contributed by atoms with Crippen LogP contribution in [0.25, 0.3) is 0 Å². The minimum atomic E-state index is -0.504. The SMILES string of the molecule is CN=C(NCC(=O)N(C)CCc1ccccn1)NC1CN(C(=O)OC(C)(C)C)C1. The number of aromatic nitrogens is 1. The van der Waals surface area contributed by atoms with Gasteiger partial charge in [0, 0.05) is 52.0 Å². The van der Waals surface area contributed by atoms with Crippen LogP contribution in [0.2, 0.25) is 0 Å². The first kappa shape index (κ1) is 22.4. The van der Waals surface area contributed by atoms with Crippen LogP contribution in [0, 0.1) is 0 Å². The number of carbonyl (C=O) groups excluding carboxylic acids is 2. The maximum Gasteiger partial charge on any atom is 0.410 e. The Bertz CT molecular complexity index is 711. The van der Waals surface area contributed by atoms with Gasteiger partial charge in [-0.1, -0.05) is 6.07 Å². The van der Waals surface area contributed by atoms with Crippen LogP contribution >= 0.6 is 0 Å². The van der Waals surface area contributed by atoms with Crippen molar-refractivity contribution < 1.29 is 14.3 Å². The van der Waals surface area contributed by atoms with E-state index in [9.17, 15) is 9.59 Å². The predicted molar refractivity (Wildman–Crippen MR) is 112 cm³/mol. The molecule has 1 aliphatic rings. The number of hydrogen-bond donors (Lipinski definition) is 2. The van der Waals surface area contributed by atoms with Gasteiger partial charge in [-0.2, -0.15) is 0 Å². The molecular formula is C20H32N6O3. The summed E-state index contributed by atoms with van der Waals surface area (Å²) in [4.78, 5) is 36.0. The van der Waals surface area contributed by atoms with Gasteiger partial charge < -0.3 is 25.2 Å². The van der Waals surface area contributed by atoms with Gasteiger partial charge in [0.15, 0.2) is 5.96 Å². The van der Waals surface area contributed by atoms with E-state index in [2.05, 4.69) is 20.6 Å². The second kappa shape index (κ2) is 10.1. The molecule has 0 aromatic carbocycles. The molecule has 0 bridgehead atoms. The van der Waals surface area contributed by atoms with E-state index in [1.807, 2.05) is 39.0 Å². The molecule has 1 aromatic rings. The highest BCUT2D eigenvalue weighted by Gasteiger charge is 2.34. The van der Waals surface area contributed by atoms with Crippen LogP contribution in [0.3, 0.4) is 0 Å². The van der Waals surface area contributed by atoms with Gasteiger partial charge in [-0.3, -0.25) is 14.8 Å². The lowest BCUT2D eigenvalue weighted by Crippen LogP contribution is -2.63. The Labute approximate surface area is 172 Å². The number of guanidine groups is 1. The number of amides is 2. The number of likely N-dealkylation sites (tertiary alicyclic amines) is 1. The van der Waals surface area contributed by atoms with Crippen LogP contribution in [-0.4, -0.2) is 84.7 Å². The molecule has 0 spiro atoms. The fourth-order valence-electron chi connectivity index (χ4n) is 2.68. The molecule has 0 radical (unpaired) electrons. The van der Waals surface area contributed by atoms with E-state index in [-0.39, 0.29) is 24.6 Å². The zero-order valence-corrected chi connectivity index (χ0v) is 17.9. The third kappa shape index (κ3) is 7.59. The predicted octanol–water partition coefficient (Wildman–Crippen LogP) is 0.867. The Morgan fingerprint density at radius 3 is 2.66 bits per heavy atom. The largest absolute Gasteiger partial charge is 0.444 e. The molecule has 9 heteroatoms. The van der Waals surface area contributed by atoms with Crippen molar-refractivity contribution in [3.05, 3.63) is 30.1 Å². The van der Waals surface area contributed by atoms with Crippen molar-refractivity contribution >= 4 is 18.0 Å². The van der Waals surface area contributed by atoms with Crippen molar-refractivity contribution in [1.29, 1.82) is 0 Å². The van der Waals surface area contributed by atoms with Gasteiger partial charge in [0.25, 0.3) is 0 Å². The number of pyridine rings is 1. The molecule has 2 amide bonds. The summed E-state index contributed by atoms with van der Waals surface area (Å²) in [5, 5.41) is 6.24. The minimum Gasteiger partial charge on any atom is -0.444 e. The molecule has 0 aliphatic carbocycles. The van der Waals surface area contributed by atoms with Gasteiger partial charge in [-0.25, -0.2) is 4.79 Å². The molecule has 2 rings (SSSR count). The molecule has 2 N–H and O–H groups in total. The number of hydrogen-bond acceptors (Lipinski definition) is 5. The van der Waals surface area contributed by atoms with E-state index in [0.717, 1.165) is 5.69 Å². The lowest BCUT2D eigenvalue weighted by molar-refractivity contribution is -0.128. The van der Waals surface area contributed by atoms with Gasteiger partial charge in [-0.15, -0.1) is 0 Å². The second-order valence-corrected chi connectivity index (χ2v) is 8.04. The van der Waals surface area contributed by atoms with Crippen LogP contribution in [0.4, 0.5) is 4.79 Å². The summed E-state index contributed by atoms with van der Waals surface area (Å²) in [6, 6.07) is 5.83. The van der Waals surface area contributed by atoms with Crippen molar-refractivity contribution in [3.8, 4) is 0 Å². The highest BCUT2D eigenvalue weighted by atomic mass is 16.6. The van der Waals surface area contributed by atoms with Gasteiger partial charge in [0.2, 0.25) is 5.91 Å². The Kier molecular flexibility index (Phi) is 7.81. The fraction of sp³-hybridized carbons (Fsp3) is 0.600. The molecule has 0 atom stereocenters. The molecular weight excluding hydrogens is 372 g/mol. The summed E-state index contributed by atoms with van der Waals surface area (Å²) in [5.41, 5.74) is 0.452. The standard InChI is InChI=1S/C20H32N6O3/c1-20(2,3)29-19(28)26-13-16(14-26)24-18(21-4)23-12-17(27)25(5)11-9-15-8-6-7-10-22-15/h6-8,10,16H,9,11-14H2,1-5H3,(H2,21,23,24). The molecule has 0 saturated carbocycles. The monoisotopic (exact) mass is 404 g/mol. The van der Waals surface area contributed by atoms with Crippen molar-refractivity contribution in [2.24, 2.45) is 4.99 Å². The normalized spacial score (nSPS) is 14.8. The molecule has 1 aromatic heterocycles. The van der Waals surface area contributed by atoms with Crippen molar-refractivity contribution in [2.45, 2.75) is 38.8 Å². The summed E-state index contributed by atoms with van der Waals surface area (Å²) < 4.78 is 5.34. The maximum absolute atomic E-state index is 12.3. The van der Waals surface area contributed by atoms with Gasteiger partial charge >= 0.3 is 6.09 Å². The van der Waals surface area contributed by atoms with Gasteiger partial charge in [0.1, 0.15) is 5.60 Å². The van der Waals surface area contributed by atoms with E-state index in [1.54, 1.807) is 30.1 Å². The Morgan fingerprint density at radius 2 is 2.07 bits per heavy atom. The Hall–Kier alpha value is -2.84. The van der Waals surface area contributed by atoms with Gasteiger partial charge in [0.05, 0.1) is 12.6 Å². The number of nitrogens with one attached hydrogen (secondary N) is 2. The fourth-order valence-corrected chi connectivity index (χ4v) is 2.68.